The molecular weight excluding hydrogens is 390 g/mol. The first kappa shape index (κ1) is 20.4. The van der Waals surface area contributed by atoms with Crippen LogP contribution >= 0.6 is 11.8 Å². The number of amides is 3. The molecule has 0 fully saturated rings. The van der Waals surface area contributed by atoms with Gasteiger partial charge in [-0.15, -0.1) is 5.10 Å². The fourth-order valence-electron chi connectivity index (χ4n) is 2.52. The number of H-pyrrole nitrogens is 1. The standard InChI is InChI=1S/C20H21N5O3S/c1-12-5-4-6-16(13(12)2)21-19(27)22-17(26)11-29-20-23-18(24-25-20)14-7-9-15(28-3)10-8-14/h4-10H,11H2,1-3H3,(H,23,24,25)(H2,21,22,26,27). The largest absolute Gasteiger partial charge is 0.497 e. The van der Waals surface area contributed by atoms with Gasteiger partial charge in [-0.2, -0.15) is 0 Å². The molecule has 3 amide bonds. The molecule has 3 aromatic rings. The lowest BCUT2D eigenvalue weighted by molar-refractivity contribution is -0.117. The molecule has 0 unspecified atom stereocenters. The van der Waals surface area contributed by atoms with Crippen LogP contribution in [0, 0.1) is 13.8 Å². The number of hydrogen-bond donors (Lipinski definition) is 3. The second-order valence-electron chi connectivity index (χ2n) is 6.23. The molecule has 8 nitrogen and oxygen atoms in total. The summed E-state index contributed by atoms with van der Waals surface area (Å²) >= 11 is 1.14. The van der Waals surface area contributed by atoms with Crippen molar-refractivity contribution in [2.45, 2.75) is 19.0 Å². The van der Waals surface area contributed by atoms with E-state index in [0.29, 0.717) is 16.7 Å². The lowest BCUT2D eigenvalue weighted by Gasteiger charge is -2.10. The van der Waals surface area contributed by atoms with Crippen molar-refractivity contribution in [1.82, 2.24) is 20.5 Å². The van der Waals surface area contributed by atoms with Crippen molar-refractivity contribution >= 4 is 29.4 Å². The van der Waals surface area contributed by atoms with E-state index in [1.165, 1.54) is 0 Å². The van der Waals surface area contributed by atoms with Crippen LogP contribution in [0.1, 0.15) is 11.1 Å². The number of imide groups is 1. The van der Waals surface area contributed by atoms with Gasteiger partial charge < -0.3 is 10.1 Å². The Balaban J connectivity index is 1.51. The molecule has 0 aliphatic heterocycles. The Bertz CT molecular complexity index is 1020. The quantitative estimate of drug-likeness (QED) is 0.535. The van der Waals surface area contributed by atoms with Crippen LogP contribution in [0.25, 0.3) is 11.4 Å². The molecule has 3 rings (SSSR count). The minimum atomic E-state index is -0.571. The maximum Gasteiger partial charge on any atom is 0.325 e. The smallest absolute Gasteiger partial charge is 0.325 e. The highest BCUT2D eigenvalue weighted by molar-refractivity contribution is 7.99. The van der Waals surface area contributed by atoms with Gasteiger partial charge in [0, 0.05) is 11.3 Å². The predicted octanol–water partition coefficient (Wildman–Crippen LogP) is 3.54. The molecule has 29 heavy (non-hydrogen) atoms. The molecule has 0 aliphatic carbocycles. The van der Waals surface area contributed by atoms with E-state index in [2.05, 4.69) is 25.8 Å². The molecule has 0 saturated carbocycles. The third-order valence-electron chi connectivity index (χ3n) is 4.27. The highest BCUT2D eigenvalue weighted by Crippen LogP contribution is 2.21. The Hall–Kier alpha value is -3.33. The van der Waals surface area contributed by atoms with Crippen LogP contribution in [0.2, 0.25) is 0 Å². The van der Waals surface area contributed by atoms with Gasteiger partial charge in [0.1, 0.15) is 5.75 Å². The Morgan fingerprint density at radius 1 is 1.14 bits per heavy atom. The van der Waals surface area contributed by atoms with Gasteiger partial charge in [-0.05, 0) is 55.3 Å². The van der Waals surface area contributed by atoms with Crippen molar-refractivity contribution in [2.75, 3.05) is 18.2 Å². The van der Waals surface area contributed by atoms with Crippen molar-refractivity contribution in [3.05, 3.63) is 53.6 Å². The third kappa shape index (κ3) is 5.35. The summed E-state index contributed by atoms with van der Waals surface area (Å²) in [6.45, 7) is 3.86. The number of ether oxygens (including phenoxy) is 1. The molecule has 2 aromatic carbocycles. The number of nitrogens with one attached hydrogen (secondary N) is 3. The monoisotopic (exact) mass is 411 g/mol. The SMILES string of the molecule is COc1ccc(-c2nc(SCC(=O)NC(=O)Nc3cccc(C)c3C)n[nH]2)cc1. The number of nitrogens with zero attached hydrogens (tertiary/aromatic N) is 2. The van der Waals surface area contributed by atoms with Crippen molar-refractivity contribution in [1.29, 1.82) is 0 Å². The minimum Gasteiger partial charge on any atom is -0.497 e. The van der Waals surface area contributed by atoms with E-state index in [0.717, 1.165) is 34.2 Å². The summed E-state index contributed by atoms with van der Waals surface area (Å²) in [7, 11) is 1.60. The molecule has 0 spiro atoms. The van der Waals surface area contributed by atoms with Gasteiger partial charge in [-0.1, -0.05) is 23.9 Å². The van der Waals surface area contributed by atoms with E-state index in [9.17, 15) is 9.59 Å². The molecule has 1 heterocycles. The number of anilines is 1. The predicted molar refractivity (Wildman–Crippen MR) is 112 cm³/mol. The highest BCUT2D eigenvalue weighted by atomic mass is 32.2. The number of methoxy groups -OCH3 is 1. The fraction of sp³-hybridized carbons (Fsp3) is 0.200. The van der Waals surface area contributed by atoms with E-state index in [1.54, 1.807) is 13.2 Å². The summed E-state index contributed by atoms with van der Waals surface area (Å²) in [5.41, 5.74) is 3.53. The maximum absolute atomic E-state index is 12.0. The van der Waals surface area contributed by atoms with E-state index >= 15 is 0 Å². The lowest BCUT2D eigenvalue weighted by atomic mass is 10.1. The normalized spacial score (nSPS) is 10.4. The first-order valence-corrected chi connectivity index (χ1v) is 9.81. The number of carbonyl (C=O) groups excluding carboxylic acids is 2. The number of carbonyl (C=O) groups is 2. The zero-order chi connectivity index (χ0) is 20.8. The Morgan fingerprint density at radius 3 is 2.62 bits per heavy atom. The molecular formula is C20H21N5O3S. The second kappa shape index (κ2) is 9.24. The van der Waals surface area contributed by atoms with Crippen LogP contribution in [0.15, 0.2) is 47.6 Å². The first-order chi connectivity index (χ1) is 14.0. The first-order valence-electron chi connectivity index (χ1n) is 8.83. The lowest BCUT2D eigenvalue weighted by Crippen LogP contribution is -2.35. The zero-order valence-electron chi connectivity index (χ0n) is 16.3. The Kier molecular flexibility index (Phi) is 6.50. The summed E-state index contributed by atoms with van der Waals surface area (Å²) in [4.78, 5) is 28.4. The number of urea groups is 1. The molecule has 0 radical (unpaired) electrons. The molecule has 150 valence electrons. The Labute approximate surface area is 172 Å². The molecule has 0 bridgehead atoms. The molecule has 0 aliphatic rings. The number of aromatic amines is 1. The second-order valence-corrected chi connectivity index (χ2v) is 7.18. The van der Waals surface area contributed by atoms with E-state index in [-0.39, 0.29) is 5.75 Å². The summed E-state index contributed by atoms with van der Waals surface area (Å²) in [5.74, 6) is 0.913. The molecule has 0 saturated heterocycles. The van der Waals surface area contributed by atoms with Crippen molar-refractivity contribution < 1.29 is 14.3 Å². The van der Waals surface area contributed by atoms with Crippen LogP contribution < -0.4 is 15.4 Å². The highest BCUT2D eigenvalue weighted by Gasteiger charge is 2.12. The van der Waals surface area contributed by atoms with Crippen LogP contribution in [-0.2, 0) is 4.79 Å². The minimum absolute atomic E-state index is 0.0140. The van der Waals surface area contributed by atoms with Gasteiger partial charge in [-0.3, -0.25) is 15.2 Å². The summed E-state index contributed by atoms with van der Waals surface area (Å²) in [5, 5.41) is 12.3. The number of hydrogen-bond acceptors (Lipinski definition) is 6. The number of rotatable bonds is 6. The number of thioether (sulfide) groups is 1. The number of aromatic nitrogens is 3. The average molecular weight is 411 g/mol. The van der Waals surface area contributed by atoms with Gasteiger partial charge in [0.05, 0.1) is 12.9 Å². The third-order valence-corrected chi connectivity index (χ3v) is 5.11. The molecule has 3 N–H and O–H groups in total. The zero-order valence-corrected chi connectivity index (χ0v) is 17.1. The molecule has 9 heteroatoms. The molecule has 1 aromatic heterocycles. The van der Waals surface area contributed by atoms with E-state index in [4.69, 9.17) is 4.74 Å². The summed E-state index contributed by atoms with van der Waals surface area (Å²) in [6.07, 6.45) is 0. The van der Waals surface area contributed by atoms with Gasteiger partial charge in [0.15, 0.2) is 5.82 Å². The van der Waals surface area contributed by atoms with Crippen molar-refractivity contribution in [3.8, 4) is 17.1 Å². The van der Waals surface area contributed by atoms with Crippen LogP contribution in [0.3, 0.4) is 0 Å². The number of benzene rings is 2. The van der Waals surface area contributed by atoms with Crippen molar-refractivity contribution in [2.24, 2.45) is 0 Å². The average Bonchev–Trinajstić information content (AvgIpc) is 3.19. The van der Waals surface area contributed by atoms with Gasteiger partial charge in [0.25, 0.3) is 0 Å². The van der Waals surface area contributed by atoms with E-state index < -0.39 is 11.9 Å². The summed E-state index contributed by atoms with van der Waals surface area (Å²) in [6, 6.07) is 12.4. The van der Waals surface area contributed by atoms with Crippen LogP contribution in [-0.4, -0.2) is 40.0 Å². The topological polar surface area (TPSA) is 109 Å². The van der Waals surface area contributed by atoms with Gasteiger partial charge >= 0.3 is 6.03 Å². The van der Waals surface area contributed by atoms with E-state index in [1.807, 2.05) is 50.2 Å². The Morgan fingerprint density at radius 2 is 1.90 bits per heavy atom. The maximum atomic E-state index is 12.0. The fourth-order valence-corrected chi connectivity index (χ4v) is 3.12. The number of aryl methyl sites for hydroxylation is 1. The summed E-state index contributed by atoms with van der Waals surface area (Å²) < 4.78 is 5.13. The van der Waals surface area contributed by atoms with Crippen LogP contribution in [0.4, 0.5) is 10.5 Å². The molecule has 0 atom stereocenters. The van der Waals surface area contributed by atoms with Gasteiger partial charge in [0.2, 0.25) is 11.1 Å². The van der Waals surface area contributed by atoms with Crippen LogP contribution in [0.5, 0.6) is 5.75 Å². The van der Waals surface area contributed by atoms with Crippen molar-refractivity contribution in [3.63, 3.8) is 0 Å². The van der Waals surface area contributed by atoms with Gasteiger partial charge in [-0.25, -0.2) is 9.78 Å².